The third-order valence-corrected chi connectivity index (χ3v) is 9.06. The minimum absolute atomic E-state index is 0.179. The SMILES string of the molecule is COC[C@H](NC(=O)c1cnc(C)s1)C(=O)N[C@@H](COC)C(=O)N[C@@H](Cc1ccccc1)C(=O)[C@](C)(O)COS(=O)(=O)c1ccc(F)c(F)c1. The number of hydrogen-bond donors (Lipinski definition) is 4. The van der Waals surface area contributed by atoms with Crippen LogP contribution in [0.5, 0.6) is 0 Å². The third kappa shape index (κ3) is 11.2. The first-order valence-corrected chi connectivity index (χ1v) is 16.8. The molecule has 0 aliphatic heterocycles. The molecule has 3 amide bonds. The summed E-state index contributed by atoms with van der Waals surface area (Å²) in [6, 6.07) is 5.86. The van der Waals surface area contributed by atoms with Crippen LogP contribution in [0, 0.1) is 18.6 Å². The Morgan fingerprint density at radius 3 is 2.06 bits per heavy atom. The largest absolute Gasteiger partial charge is 0.382 e. The van der Waals surface area contributed by atoms with Crippen molar-refractivity contribution in [1.82, 2.24) is 20.9 Å². The van der Waals surface area contributed by atoms with Crippen LogP contribution in [0.15, 0.2) is 59.6 Å². The van der Waals surface area contributed by atoms with E-state index < -0.39 is 80.5 Å². The Kier molecular flexibility index (Phi) is 14.0. The average Bonchev–Trinajstić information content (AvgIpc) is 3.50. The Morgan fingerprint density at radius 1 is 0.918 bits per heavy atom. The van der Waals surface area contributed by atoms with Crippen LogP contribution in [0.2, 0.25) is 0 Å². The number of methoxy groups -OCH3 is 2. The van der Waals surface area contributed by atoms with Crippen LogP contribution in [0.3, 0.4) is 0 Å². The summed E-state index contributed by atoms with van der Waals surface area (Å²) in [6.45, 7) is 0.871. The van der Waals surface area contributed by atoms with Crippen LogP contribution in [-0.4, -0.2) is 99.8 Å². The molecule has 0 fully saturated rings. The Morgan fingerprint density at radius 2 is 1.51 bits per heavy atom. The van der Waals surface area contributed by atoms with E-state index >= 15 is 0 Å². The number of nitrogens with one attached hydrogen (secondary N) is 3. The van der Waals surface area contributed by atoms with Gasteiger partial charge in [0.25, 0.3) is 16.0 Å². The number of aromatic nitrogens is 1. The number of halogens is 2. The van der Waals surface area contributed by atoms with Crippen molar-refractivity contribution in [2.24, 2.45) is 0 Å². The van der Waals surface area contributed by atoms with E-state index in [1.807, 2.05) is 0 Å². The van der Waals surface area contributed by atoms with Crippen LogP contribution in [0.4, 0.5) is 8.78 Å². The van der Waals surface area contributed by atoms with Gasteiger partial charge in [-0.25, -0.2) is 13.8 Å². The number of hydrogen-bond acceptors (Lipinski definition) is 12. The number of aryl methyl sites for hydroxylation is 1. The fraction of sp³-hybridized carbons (Fsp3) is 0.387. The molecule has 18 heteroatoms. The molecule has 4 atom stereocenters. The molecule has 14 nitrogen and oxygen atoms in total. The van der Waals surface area contributed by atoms with Crippen molar-refractivity contribution in [3.8, 4) is 0 Å². The highest BCUT2D eigenvalue weighted by Gasteiger charge is 2.40. The first kappa shape index (κ1) is 39.2. The van der Waals surface area contributed by atoms with Gasteiger partial charge in [-0.2, -0.15) is 8.42 Å². The van der Waals surface area contributed by atoms with E-state index in [1.54, 1.807) is 37.3 Å². The van der Waals surface area contributed by atoms with E-state index in [0.29, 0.717) is 22.7 Å². The second-order valence-electron chi connectivity index (χ2n) is 10.9. The van der Waals surface area contributed by atoms with E-state index in [0.717, 1.165) is 24.3 Å². The Labute approximate surface area is 285 Å². The van der Waals surface area contributed by atoms with Crippen LogP contribution >= 0.6 is 11.3 Å². The van der Waals surface area contributed by atoms with Gasteiger partial charge in [0.2, 0.25) is 11.8 Å². The number of carbonyl (C=O) groups is 4. The summed E-state index contributed by atoms with van der Waals surface area (Å²) >= 11 is 1.11. The summed E-state index contributed by atoms with van der Waals surface area (Å²) in [7, 11) is -2.19. The van der Waals surface area contributed by atoms with Crippen molar-refractivity contribution in [1.29, 1.82) is 0 Å². The summed E-state index contributed by atoms with van der Waals surface area (Å²) in [4.78, 5) is 56.6. The minimum atomic E-state index is -4.76. The molecule has 49 heavy (non-hydrogen) atoms. The van der Waals surface area contributed by atoms with Gasteiger partial charge in [0.05, 0.1) is 35.4 Å². The summed E-state index contributed by atoms with van der Waals surface area (Å²) in [5.41, 5.74) is -2.00. The van der Waals surface area contributed by atoms with Crippen LogP contribution in [-0.2, 0) is 44.6 Å². The number of nitrogens with zero attached hydrogens (tertiary/aromatic N) is 1. The molecule has 0 saturated heterocycles. The summed E-state index contributed by atoms with van der Waals surface area (Å²) in [5, 5.41) is 19.2. The zero-order chi connectivity index (χ0) is 36.4. The lowest BCUT2D eigenvalue weighted by molar-refractivity contribution is -0.143. The number of benzene rings is 2. The van der Waals surface area contributed by atoms with Crippen molar-refractivity contribution in [2.75, 3.05) is 34.0 Å². The predicted octanol–water partition coefficient (Wildman–Crippen LogP) is 1.06. The number of ether oxygens (including phenoxy) is 2. The molecule has 0 radical (unpaired) electrons. The highest BCUT2D eigenvalue weighted by molar-refractivity contribution is 7.86. The fourth-order valence-corrected chi connectivity index (χ4v) is 6.02. The van der Waals surface area contributed by atoms with Crippen LogP contribution in [0.1, 0.15) is 27.2 Å². The molecule has 0 saturated carbocycles. The lowest BCUT2D eigenvalue weighted by atomic mass is 9.91. The van der Waals surface area contributed by atoms with Gasteiger partial charge in [0.1, 0.15) is 29.2 Å². The first-order chi connectivity index (χ1) is 23.1. The van der Waals surface area contributed by atoms with Gasteiger partial charge >= 0.3 is 0 Å². The van der Waals surface area contributed by atoms with Gasteiger partial charge in [0.15, 0.2) is 17.4 Å². The molecule has 1 heterocycles. The normalized spacial score (nSPS) is 14.6. The molecule has 3 aromatic rings. The minimum Gasteiger partial charge on any atom is -0.382 e. The summed E-state index contributed by atoms with van der Waals surface area (Å²) < 4.78 is 67.2. The summed E-state index contributed by atoms with van der Waals surface area (Å²) in [5.74, 6) is -6.16. The molecule has 0 aliphatic carbocycles. The number of aliphatic hydroxyl groups is 1. The predicted molar refractivity (Wildman–Crippen MR) is 171 cm³/mol. The topological polar surface area (TPSA) is 199 Å². The number of carbonyl (C=O) groups excluding carboxylic acids is 4. The van der Waals surface area contributed by atoms with Crippen molar-refractivity contribution < 1.29 is 55.1 Å². The zero-order valence-corrected chi connectivity index (χ0v) is 28.5. The third-order valence-electron chi connectivity index (χ3n) is 6.89. The maximum absolute atomic E-state index is 13.7. The molecule has 1 aromatic heterocycles. The maximum atomic E-state index is 13.7. The molecule has 0 unspecified atom stereocenters. The second-order valence-corrected chi connectivity index (χ2v) is 13.8. The number of ketones is 1. The lowest BCUT2D eigenvalue weighted by Gasteiger charge is -2.29. The smallest absolute Gasteiger partial charge is 0.297 e. The van der Waals surface area contributed by atoms with E-state index in [1.165, 1.54) is 20.4 Å². The van der Waals surface area contributed by atoms with E-state index in [-0.39, 0.29) is 24.5 Å². The molecule has 0 aliphatic rings. The molecular formula is C31H36F2N4O10S2. The van der Waals surface area contributed by atoms with Gasteiger partial charge in [0, 0.05) is 14.2 Å². The molecular weight excluding hydrogens is 690 g/mol. The highest BCUT2D eigenvalue weighted by Crippen LogP contribution is 2.20. The number of thiazole rings is 1. The highest BCUT2D eigenvalue weighted by atomic mass is 32.2. The van der Waals surface area contributed by atoms with Crippen molar-refractivity contribution in [3.05, 3.63) is 81.8 Å². The van der Waals surface area contributed by atoms with Gasteiger partial charge in [-0.15, -0.1) is 11.3 Å². The van der Waals surface area contributed by atoms with Gasteiger partial charge < -0.3 is 30.5 Å². The molecule has 2 aromatic carbocycles. The first-order valence-electron chi connectivity index (χ1n) is 14.5. The zero-order valence-electron chi connectivity index (χ0n) is 26.9. The Hall–Kier alpha value is -4.20. The van der Waals surface area contributed by atoms with Crippen molar-refractivity contribution in [2.45, 2.75) is 48.9 Å². The van der Waals surface area contributed by atoms with E-state index in [4.69, 9.17) is 13.7 Å². The van der Waals surface area contributed by atoms with Crippen LogP contribution in [0.25, 0.3) is 0 Å². The van der Waals surface area contributed by atoms with Crippen molar-refractivity contribution in [3.63, 3.8) is 0 Å². The number of rotatable bonds is 18. The summed E-state index contributed by atoms with van der Waals surface area (Å²) in [6.07, 6.45) is 1.17. The van der Waals surface area contributed by atoms with E-state index in [9.17, 15) is 41.5 Å². The molecule has 3 rings (SSSR count). The van der Waals surface area contributed by atoms with Crippen LogP contribution < -0.4 is 16.0 Å². The van der Waals surface area contributed by atoms with Crippen molar-refractivity contribution >= 4 is 45.0 Å². The van der Waals surface area contributed by atoms with Gasteiger partial charge in [-0.1, -0.05) is 30.3 Å². The molecule has 0 bridgehead atoms. The molecule has 4 N–H and O–H groups in total. The maximum Gasteiger partial charge on any atom is 0.297 e. The average molecular weight is 727 g/mol. The fourth-order valence-electron chi connectivity index (χ4n) is 4.34. The molecule has 0 spiro atoms. The molecule has 266 valence electrons. The quantitative estimate of drug-likeness (QED) is 0.137. The monoisotopic (exact) mass is 726 g/mol. The van der Waals surface area contributed by atoms with Gasteiger partial charge in [-0.05, 0) is 44.0 Å². The standard InChI is InChI=1S/C31H36F2N4O10S2/c1-18-34-14-26(48-18)30(41)37-25(16-46-4)29(40)36-24(15-45-3)28(39)35-23(12-19-8-6-5-7-9-19)27(38)31(2,42)17-47-49(43,44)20-10-11-21(32)22(33)13-20/h5-11,13-14,23-25,42H,12,15-17H2,1-4H3,(H,35,39)(H,36,40)(H,37,41)/t23-,24-,25-,31+/m0/s1. The second kappa shape index (κ2) is 17.5. The lowest BCUT2D eigenvalue weighted by Crippen LogP contribution is -2.60. The number of Topliss-reactive ketones (excluding diaryl/α,β-unsaturated/α-hetero) is 1. The Balaban J connectivity index is 1.79. The van der Waals surface area contributed by atoms with Gasteiger partial charge in [-0.3, -0.25) is 23.4 Å². The number of amides is 3. The Bertz CT molecular complexity index is 1740. The van der Waals surface area contributed by atoms with E-state index in [2.05, 4.69) is 20.9 Å².